The van der Waals surface area contributed by atoms with E-state index in [1.165, 1.54) is 6.42 Å². The predicted octanol–water partition coefficient (Wildman–Crippen LogP) is 1.05. The first kappa shape index (κ1) is 15.3. The van der Waals surface area contributed by atoms with Crippen LogP contribution in [0.2, 0.25) is 0 Å². The fourth-order valence-corrected chi connectivity index (χ4v) is 3.84. The summed E-state index contributed by atoms with van der Waals surface area (Å²) in [6, 6.07) is 0. The number of likely N-dealkylation sites (tertiary alicyclic amines) is 1. The Labute approximate surface area is 140 Å². The molecule has 2 aliphatic rings. The molecule has 2 aromatic rings. The first-order valence-corrected chi connectivity index (χ1v) is 8.51. The van der Waals surface area contributed by atoms with Gasteiger partial charge in [-0.05, 0) is 25.7 Å². The molecule has 128 valence electrons. The van der Waals surface area contributed by atoms with Crippen molar-refractivity contribution in [3.63, 3.8) is 0 Å². The van der Waals surface area contributed by atoms with Crippen molar-refractivity contribution in [2.45, 2.75) is 44.1 Å². The third-order valence-corrected chi connectivity index (χ3v) is 5.18. The van der Waals surface area contributed by atoms with Crippen molar-refractivity contribution in [3.8, 4) is 0 Å². The Balaban J connectivity index is 1.56. The minimum Gasteiger partial charge on any atom is -0.379 e. The minimum atomic E-state index is -0.0726. The van der Waals surface area contributed by atoms with E-state index in [-0.39, 0.29) is 17.9 Å². The summed E-state index contributed by atoms with van der Waals surface area (Å²) >= 11 is 0. The third kappa shape index (κ3) is 2.60. The van der Waals surface area contributed by atoms with E-state index < -0.39 is 0 Å². The number of amides is 1. The van der Waals surface area contributed by atoms with Gasteiger partial charge in [-0.15, -0.1) is 0 Å². The number of nitrogens with one attached hydrogen (secondary N) is 2. The molecule has 0 bridgehead atoms. The van der Waals surface area contributed by atoms with Gasteiger partial charge in [0.25, 0.3) is 5.91 Å². The summed E-state index contributed by atoms with van der Waals surface area (Å²) in [7, 11) is 1.67. The second-order valence-corrected chi connectivity index (χ2v) is 6.58. The first-order valence-electron chi connectivity index (χ1n) is 8.51. The number of carbonyl (C=O) groups is 1. The molecule has 4 rings (SSSR count). The number of hydrogen-bond acceptors (Lipinski definition) is 5. The van der Waals surface area contributed by atoms with E-state index in [0.29, 0.717) is 18.8 Å². The average molecular weight is 330 g/mol. The molecule has 1 aliphatic carbocycles. The Hall–Kier alpha value is -2.22. The van der Waals surface area contributed by atoms with Crippen LogP contribution in [0, 0.1) is 0 Å². The van der Waals surface area contributed by atoms with E-state index in [0.717, 1.165) is 42.6 Å². The molecule has 8 heteroatoms. The number of aromatic amines is 2. The highest BCUT2D eigenvalue weighted by Crippen LogP contribution is 2.30. The number of aromatic nitrogens is 5. The van der Waals surface area contributed by atoms with E-state index in [4.69, 9.17) is 4.74 Å². The van der Waals surface area contributed by atoms with Crippen LogP contribution < -0.4 is 0 Å². The van der Waals surface area contributed by atoms with Gasteiger partial charge in [0.15, 0.2) is 5.69 Å². The lowest BCUT2D eigenvalue weighted by atomic mass is 10.0. The fraction of sp³-hybridized carbons (Fsp3) is 0.625. The van der Waals surface area contributed by atoms with Crippen LogP contribution >= 0.6 is 0 Å². The molecule has 1 aliphatic heterocycles. The number of H-pyrrole nitrogens is 2. The van der Waals surface area contributed by atoms with E-state index in [1.807, 2.05) is 4.90 Å². The van der Waals surface area contributed by atoms with E-state index >= 15 is 0 Å². The summed E-state index contributed by atoms with van der Waals surface area (Å²) in [6.45, 7) is 1.12. The number of methoxy groups -OCH3 is 1. The first-order chi connectivity index (χ1) is 11.8. The van der Waals surface area contributed by atoms with E-state index in [1.54, 1.807) is 13.3 Å². The zero-order valence-corrected chi connectivity index (χ0v) is 13.8. The second-order valence-electron chi connectivity index (χ2n) is 6.58. The molecular formula is C16H22N6O2. The van der Waals surface area contributed by atoms with Crippen molar-refractivity contribution >= 4 is 5.91 Å². The van der Waals surface area contributed by atoms with Crippen molar-refractivity contribution in [1.29, 1.82) is 0 Å². The second kappa shape index (κ2) is 6.35. The van der Waals surface area contributed by atoms with Gasteiger partial charge >= 0.3 is 0 Å². The Morgan fingerprint density at radius 2 is 2.12 bits per heavy atom. The minimum absolute atomic E-state index is 0.0116. The zero-order valence-electron chi connectivity index (χ0n) is 13.8. The molecule has 1 saturated heterocycles. The van der Waals surface area contributed by atoms with Gasteiger partial charge in [-0.25, -0.2) is 0 Å². The number of nitrogens with zero attached hydrogens (tertiary/aromatic N) is 4. The van der Waals surface area contributed by atoms with Crippen LogP contribution in [0.5, 0.6) is 0 Å². The monoisotopic (exact) mass is 330 g/mol. The third-order valence-electron chi connectivity index (χ3n) is 5.18. The lowest BCUT2D eigenvalue weighted by Crippen LogP contribution is -2.31. The maximum Gasteiger partial charge on any atom is 0.274 e. The van der Waals surface area contributed by atoms with Crippen LogP contribution in [0.1, 0.15) is 52.6 Å². The van der Waals surface area contributed by atoms with Crippen LogP contribution in [0.4, 0.5) is 0 Å². The molecule has 0 spiro atoms. The molecule has 3 heterocycles. The largest absolute Gasteiger partial charge is 0.379 e. The van der Waals surface area contributed by atoms with Crippen LogP contribution in [-0.2, 0) is 17.6 Å². The van der Waals surface area contributed by atoms with Crippen molar-refractivity contribution < 1.29 is 9.53 Å². The number of ether oxygens (including phenoxy) is 1. The number of aryl methyl sites for hydroxylation is 1. The molecule has 1 amide bonds. The number of carbonyl (C=O) groups excluding carboxylic acids is 1. The van der Waals surface area contributed by atoms with Gasteiger partial charge in [0.2, 0.25) is 0 Å². The van der Waals surface area contributed by atoms with Crippen molar-refractivity contribution in [2.75, 3.05) is 20.2 Å². The quantitative estimate of drug-likeness (QED) is 0.820. The summed E-state index contributed by atoms with van der Waals surface area (Å²) in [5, 5.41) is 18.1. The number of rotatable bonds is 3. The topological polar surface area (TPSA) is 99.8 Å². The molecule has 8 nitrogen and oxygen atoms in total. The lowest BCUT2D eigenvalue weighted by Gasteiger charge is -2.15. The van der Waals surface area contributed by atoms with Crippen molar-refractivity contribution in [1.82, 2.24) is 30.5 Å². The molecule has 2 N–H and O–H groups in total. The van der Waals surface area contributed by atoms with Gasteiger partial charge < -0.3 is 9.64 Å². The standard InChI is InChI=1S/C16H22N6O2/c1-24-14-9-22(8-11(14)13-7-17-21-19-13)16(23)15-10-5-3-2-4-6-12(10)18-20-15/h7,11,14H,2-6,8-9H2,1H3,(H,18,20)(H,17,19,21)/t11-,14+/m0/s1. The van der Waals surface area contributed by atoms with Gasteiger partial charge in [0, 0.05) is 31.5 Å². The van der Waals surface area contributed by atoms with Crippen LogP contribution in [0.3, 0.4) is 0 Å². The predicted molar refractivity (Wildman–Crippen MR) is 85.7 cm³/mol. The van der Waals surface area contributed by atoms with Gasteiger partial charge in [-0.2, -0.15) is 20.5 Å². The SMILES string of the molecule is CO[C@@H]1CN(C(=O)c2n[nH]c3c2CCCCC3)C[C@H]1c1cn[nH]n1. The highest BCUT2D eigenvalue weighted by atomic mass is 16.5. The molecule has 24 heavy (non-hydrogen) atoms. The van der Waals surface area contributed by atoms with Crippen LogP contribution in [0.25, 0.3) is 0 Å². The van der Waals surface area contributed by atoms with Gasteiger partial charge in [0.05, 0.1) is 23.9 Å². The summed E-state index contributed by atoms with van der Waals surface area (Å²) in [6.07, 6.45) is 7.03. The van der Waals surface area contributed by atoms with E-state index in [2.05, 4.69) is 25.6 Å². The van der Waals surface area contributed by atoms with Crippen LogP contribution in [0.15, 0.2) is 6.20 Å². The lowest BCUT2D eigenvalue weighted by molar-refractivity contribution is 0.0708. The number of hydrogen-bond donors (Lipinski definition) is 2. The van der Waals surface area contributed by atoms with Crippen molar-refractivity contribution in [3.05, 3.63) is 28.8 Å². The van der Waals surface area contributed by atoms with Gasteiger partial charge in [-0.3, -0.25) is 9.89 Å². The Morgan fingerprint density at radius 1 is 1.25 bits per heavy atom. The molecule has 0 radical (unpaired) electrons. The molecule has 1 fully saturated rings. The zero-order chi connectivity index (χ0) is 16.5. The molecule has 0 aromatic carbocycles. The fourth-order valence-electron chi connectivity index (χ4n) is 3.84. The molecule has 0 unspecified atom stereocenters. The summed E-state index contributed by atoms with van der Waals surface area (Å²) in [5.74, 6) is 0.0256. The Bertz CT molecular complexity index is 710. The van der Waals surface area contributed by atoms with Gasteiger partial charge in [-0.1, -0.05) is 6.42 Å². The highest BCUT2D eigenvalue weighted by molar-refractivity contribution is 5.94. The number of fused-ring (bicyclic) bond motifs is 1. The Kier molecular flexibility index (Phi) is 4.05. The molecule has 2 atom stereocenters. The van der Waals surface area contributed by atoms with E-state index in [9.17, 15) is 4.79 Å². The molecule has 2 aromatic heterocycles. The van der Waals surface area contributed by atoms with Crippen LogP contribution in [-0.4, -0.2) is 62.7 Å². The maximum absolute atomic E-state index is 13.0. The Morgan fingerprint density at radius 3 is 2.92 bits per heavy atom. The van der Waals surface area contributed by atoms with Crippen molar-refractivity contribution in [2.24, 2.45) is 0 Å². The summed E-state index contributed by atoms with van der Waals surface area (Å²) in [4.78, 5) is 14.8. The normalized spacial score (nSPS) is 24.0. The molecular weight excluding hydrogens is 308 g/mol. The summed E-state index contributed by atoms with van der Waals surface area (Å²) in [5.41, 5.74) is 3.66. The smallest absolute Gasteiger partial charge is 0.274 e. The summed E-state index contributed by atoms with van der Waals surface area (Å²) < 4.78 is 5.57. The average Bonchev–Trinajstić information content (AvgIpc) is 3.30. The maximum atomic E-state index is 13.0. The molecule has 0 saturated carbocycles. The van der Waals surface area contributed by atoms with Gasteiger partial charge in [0.1, 0.15) is 0 Å². The highest BCUT2D eigenvalue weighted by Gasteiger charge is 2.39.